The molecule has 0 aliphatic heterocycles. The summed E-state index contributed by atoms with van der Waals surface area (Å²) in [7, 11) is 2.66. The van der Waals surface area contributed by atoms with Crippen molar-refractivity contribution in [3.8, 4) is 5.75 Å². The van der Waals surface area contributed by atoms with E-state index < -0.39 is 33.1 Å². The molecule has 15 heteroatoms. The molecule has 1 amide bonds. The molecule has 1 N–H and O–H groups in total. The molecule has 0 unspecified atom stereocenters. The van der Waals surface area contributed by atoms with E-state index in [4.69, 9.17) is 9.47 Å². The highest BCUT2D eigenvalue weighted by Gasteiger charge is 2.24. The van der Waals surface area contributed by atoms with Gasteiger partial charge in [-0.3, -0.25) is 29.8 Å². The van der Waals surface area contributed by atoms with E-state index in [0.717, 1.165) is 17.7 Å². The van der Waals surface area contributed by atoms with Gasteiger partial charge in [0.15, 0.2) is 5.69 Å². The zero-order valence-electron chi connectivity index (χ0n) is 21.5. The summed E-state index contributed by atoms with van der Waals surface area (Å²) in [5.41, 5.74) is 0.0938. The molecule has 0 heterocycles. The van der Waals surface area contributed by atoms with Crippen LogP contribution in [-0.4, -0.2) is 42.5 Å². The third-order valence-corrected chi connectivity index (χ3v) is 6.01. The van der Waals surface area contributed by atoms with Crippen molar-refractivity contribution >= 4 is 61.9 Å². The Bertz CT molecular complexity index is 1480. The van der Waals surface area contributed by atoms with Crippen LogP contribution in [0.3, 0.4) is 0 Å². The van der Waals surface area contributed by atoms with Gasteiger partial charge in [-0.1, -0.05) is 30.3 Å². The van der Waals surface area contributed by atoms with Crippen LogP contribution in [-0.2, 0) is 20.9 Å². The number of nitrogens with zero attached hydrogens (tertiary/aromatic N) is 5. The molecule has 0 radical (unpaired) electrons. The topological polar surface area (TPSA) is 179 Å². The number of halogens is 1. The van der Waals surface area contributed by atoms with Crippen molar-refractivity contribution in [2.75, 3.05) is 31.0 Å². The zero-order valence-corrected chi connectivity index (χ0v) is 23.1. The second kappa shape index (κ2) is 13.2. The summed E-state index contributed by atoms with van der Waals surface area (Å²) < 4.78 is 10.4. The van der Waals surface area contributed by atoms with E-state index in [1.54, 1.807) is 4.90 Å². The van der Waals surface area contributed by atoms with Crippen LogP contribution in [0.1, 0.15) is 12.5 Å². The van der Waals surface area contributed by atoms with E-state index in [2.05, 4.69) is 31.5 Å². The first-order valence-electron chi connectivity index (χ1n) is 11.4. The van der Waals surface area contributed by atoms with E-state index in [1.165, 1.54) is 33.3 Å². The number of non-ortho nitro benzene ring substituents is 1. The molecule has 0 atom stereocenters. The Morgan fingerprint density at radius 1 is 1.02 bits per heavy atom. The summed E-state index contributed by atoms with van der Waals surface area (Å²) in [6, 6.07) is 14.1. The van der Waals surface area contributed by atoms with E-state index in [-0.39, 0.29) is 40.4 Å². The maximum Gasteiger partial charge on any atom is 0.325 e. The maximum atomic E-state index is 12.2. The number of nitrogens with one attached hydrogen (secondary N) is 1. The standard InChI is InChI=1S/C25H23BrN6O8/c1-15(33)27-19-11-21(30(14-24(34)40-3)13-16-7-5-4-6-8-16)23(39-2)12-20(19)28-29-25-18(26)9-17(31(35)36)10-22(25)32(37)38/h4-12H,13-14H2,1-3H3,(H,27,33). The Labute approximate surface area is 236 Å². The number of methoxy groups -OCH3 is 2. The second-order valence-corrected chi connectivity index (χ2v) is 9.00. The molecule has 0 aliphatic rings. The third kappa shape index (κ3) is 7.35. The highest BCUT2D eigenvalue weighted by molar-refractivity contribution is 9.10. The smallest absolute Gasteiger partial charge is 0.325 e. The lowest BCUT2D eigenvalue weighted by Crippen LogP contribution is -2.30. The number of nitro groups is 2. The number of hydrogen-bond acceptors (Lipinski definition) is 11. The Morgan fingerprint density at radius 2 is 1.73 bits per heavy atom. The normalized spacial score (nSPS) is 10.7. The highest BCUT2D eigenvalue weighted by Crippen LogP contribution is 2.43. The molecule has 40 heavy (non-hydrogen) atoms. The molecular formula is C25H23BrN6O8. The average molecular weight is 615 g/mol. The van der Waals surface area contributed by atoms with Gasteiger partial charge in [-0.05, 0) is 27.6 Å². The van der Waals surface area contributed by atoms with Gasteiger partial charge in [0, 0.05) is 25.6 Å². The number of anilines is 2. The number of esters is 1. The summed E-state index contributed by atoms with van der Waals surface area (Å²) in [6.45, 7) is 1.41. The van der Waals surface area contributed by atoms with Gasteiger partial charge in [-0.15, -0.1) is 10.2 Å². The molecule has 0 aliphatic carbocycles. The monoisotopic (exact) mass is 614 g/mol. The van der Waals surface area contributed by atoms with E-state index in [0.29, 0.717) is 5.69 Å². The number of amides is 1. The minimum atomic E-state index is -0.821. The van der Waals surface area contributed by atoms with Gasteiger partial charge in [0.2, 0.25) is 5.91 Å². The van der Waals surface area contributed by atoms with Gasteiger partial charge in [-0.2, -0.15) is 0 Å². The predicted octanol–water partition coefficient (Wildman–Crippen LogP) is 5.83. The lowest BCUT2D eigenvalue weighted by molar-refractivity contribution is -0.393. The fourth-order valence-corrected chi connectivity index (χ4v) is 4.13. The largest absolute Gasteiger partial charge is 0.494 e. The summed E-state index contributed by atoms with van der Waals surface area (Å²) in [6.07, 6.45) is 0. The molecule has 0 aromatic heterocycles. The van der Waals surface area contributed by atoms with Crippen molar-refractivity contribution in [2.24, 2.45) is 10.2 Å². The molecule has 14 nitrogen and oxygen atoms in total. The second-order valence-electron chi connectivity index (χ2n) is 8.15. The van der Waals surface area contributed by atoms with Crippen LogP contribution in [0, 0.1) is 20.2 Å². The molecular weight excluding hydrogens is 592 g/mol. The number of carbonyl (C=O) groups excluding carboxylic acids is 2. The molecule has 3 rings (SSSR count). The van der Waals surface area contributed by atoms with Crippen molar-refractivity contribution in [2.45, 2.75) is 13.5 Å². The van der Waals surface area contributed by atoms with E-state index >= 15 is 0 Å². The summed E-state index contributed by atoms with van der Waals surface area (Å²) in [4.78, 5) is 47.1. The Kier molecular flexibility index (Phi) is 9.81. The quantitative estimate of drug-likeness (QED) is 0.120. The molecule has 3 aromatic carbocycles. The lowest BCUT2D eigenvalue weighted by Gasteiger charge is -2.26. The van der Waals surface area contributed by atoms with Crippen LogP contribution in [0.15, 0.2) is 69.3 Å². The van der Waals surface area contributed by atoms with Crippen molar-refractivity contribution in [1.29, 1.82) is 0 Å². The van der Waals surface area contributed by atoms with Crippen molar-refractivity contribution in [3.05, 3.63) is 84.9 Å². The average Bonchev–Trinajstić information content (AvgIpc) is 2.91. The first-order valence-corrected chi connectivity index (χ1v) is 12.2. The van der Waals surface area contributed by atoms with Crippen molar-refractivity contribution in [1.82, 2.24) is 0 Å². The van der Waals surface area contributed by atoms with Crippen LogP contribution in [0.5, 0.6) is 5.75 Å². The fourth-order valence-electron chi connectivity index (χ4n) is 3.61. The predicted molar refractivity (Wildman–Crippen MR) is 148 cm³/mol. The van der Waals surface area contributed by atoms with E-state index in [9.17, 15) is 29.8 Å². The van der Waals surface area contributed by atoms with Gasteiger partial charge in [-0.25, -0.2) is 0 Å². The van der Waals surface area contributed by atoms with Gasteiger partial charge >= 0.3 is 11.7 Å². The SMILES string of the molecule is COC(=O)CN(Cc1ccccc1)c1cc(NC(C)=O)c(N=Nc2c(Br)cc([N+](=O)[O-])cc2[N+](=O)[O-])cc1OC. The summed E-state index contributed by atoms with van der Waals surface area (Å²) >= 11 is 3.08. The van der Waals surface area contributed by atoms with Crippen LogP contribution in [0.2, 0.25) is 0 Å². The molecule has 0 saturated carbocycles. The van der Waals surface area contributed by atoms with Gasteiger partial charge in [0.25, 0.3) is 5.69 Å². The molecule has 0 saturated heterocycles. The minimum Gasteiger partial charge on any atom is -0.494 e. The number of hydrogen-bond donors (Lipinski definition) is 1. The zero-order chi connectivity index (χ0) is 29.4. The Hall–Kier alpha value is -4.92. The van der Waals surface area contributed by atoms with Gasteiger partial charge in [0.05, 0.1) is 46.0 Å². The van der Waals surface area contributed by atoms with Crippen molar-refractivity contribution in [3.63, 3.8) is 0 Å². The maximum absolute atomic E-state index is 12.2. The number of rotatable bonds is 11. The number of nitro benzene ring substituents is 2. The molecule has 0 spiro atoms. The van der Waals surface area contributed by atoms with Crippen molar-refractivity contribution < 1.29 is 28.9 Å². The minimum absolute atomic E-state index is 0.0334. The van der Waals surface area contributed by atoms with Crippen LogP contribution < -0.4 is 15.0 Å². The highest BCUT2D eigenvalue weighted by atomic mass is 79.9. The fraction of sp³-hybridized carbons (Fsp3) is 0.200. The lowest BCUT2D eigenvalue weighted by atomic mass is 10.1. The molecule has 0 bridgehead atoms. The number of ether oxygens (including phenoxy) is 2. The molecule has 3 aromatic rings. The first-order chi connectivity index (χ1) is 19.0. The molecule has 208 valence electrons. The number of azo groups is 1. The number of carbonyl (C=O) groups is 2. The van der Waals surface area contributed by atoms with Gasteiger partial charge < -0.3 is 19.7 Å². The van der Waals surface area contributed by atoms with Gasteiger partial charge in [0.1, 0.15) is 18.0 Å². The summed E-state index contributed by atoms with van der Waals surface area (Å²) in [5.74, 6) is -0.712. The van der Waals surface area contributed by atoms with Crippen LogP contribution in [0.25, 0.3) is 0 Å². The number of benzene rings is 3. The third-order valence-electron chi connectivity index (χ3n) is 5.41. The first kappa shape index (κ1) is 29.6. The molecule has 0 fully saturated rings. The van der Waals surface area contributed by atoms with Crippen LogP contribution >= 0.6 is 15.9 Å². The van der Waals surface area contributed by atoms with Crippen LogP contribution in [0.4, 0.5) is 34.1 Å². The Morgan fingerprint density at radius 3 is 2.30 bits per heavy atom. The Balaban J connectivity index is 2.15. The van der Waals surface area contributed by atoms with E-state index in [1.807, 2.05) is 30.3 Å². The summed E-state index contributed by atoms with van der Waals surface area (Å²) in [5, 5.41) is 33.4.